The molecule has 2 aromatic rings. The van der Waals surface area contributed by atoms with Gasteiger partial charge in [-0.15, -0.1) is 0 Å². The summed E-state index contributed by atoms with van der Waals surface area (Å²) in [4.78, 5) is 26.2. The zero-order chi connectivity index (χ0) is 17.3. The van der Waals surface area contributed by atoms with Gasteiger partial charge in [-0.05, 0) is 36.8 Å². The first-order chi connectivity index (χ1) is 11.5. The molecule has 2 aromatic carbocycles. The van der Waals surface area contributed by atoms with Gasteiger partial charge in [0.1, 0.15) is 11.6 Å². The van der Waals surface area contributed by atoms with Crippen LogP contribution in [0.2, 0.25) is 0 Å². The number of hydrogen-bond donors (Lipinski definition) is 1. The van der Waals surface area contributed by atoms with Crippen LogP contribution < -0.4 is 15.0 Å². The number of fused-ring (bicyclic) bond motifs is 1. The number of aryl methyl sites for hydroxylation is 1. The minimum Gasteiger partial charge on any atom is -0.477 e. The Bertz CT molecular complexity index is 807. The van der Waals surface area contributed by atoms with Crippen molar-refractivity contribution in [3.63, 3.8) is 0 Å². The molecule has 1 aliphatic heterocycles. The van der Waals surface area contributed by atoms with Gasteiger partial charge in [-0.3, -0.25) is 9.59 Å². The lowest BCUT2D eigenvalue weighted by atomic mass is 10.1. The summed E-state index contributed by atoms with van der Waals surface area (Å²) in [6.45, 7) is 1.69. The van der Waals surface area contributed by atoms with Crippen LogP contribution in [0.4, 0.5) is 10.1 Å². The molecule has 0 saturated carbocycles. The van der Waals surface area contributed by atoms with E-state index in [1.165, 1.54) is 18.0 Å². The van der Waals surface area contributed by atoms with E-state index in [9.17, 15) is 14.0 Å². The summed E-state index contributed by atoms with van der Waals surface area (Å²) in [5, 5.41) is 2.52. The fraction of sp³-hybridized carbons (Fsp3) is 0.222. The van der Waals surface area contributed by atoms with E-state index in [-0.39, 0.29) is 23.9 Å². The van der Waals surface area contributed by atoms with E-state index in [1.54, 1.807) is 43.3 Å². The lowest BCUT2D eigenvalue weighted by Gasteiger charge is -2.34. The first-order valence-corrected chi connectivity index (χ1v) is 7.56. The van der Waals surface area contributed by atoms with Crippen LogP contribution in [0, 0.1) is 12.7 Å². The Kier molecular flexibility index (Phi) is 4.20. The maximum atomic E-state index is 13.8. The molecule has 0 unspecified atom stereocenters. The molecule has 0 spiro atoms. The number of anilines is 1. The molecule has 124 valence electrons. The normalized spacial score (nSPS) is 16.1. The molecule has 5 nitrogen and oxygen atoms in total. The Morgan fingerprint density at radius 3 is 2.71 bits per heavy atom. The Morgan fingerprint density at radius 2 is 2.00 bits per heavy atom. The van der Waals surface area contributed by atoms with Crippen LogP contribution in [0.1, 0.15) is 15.9 Å². The highest BCUT2D eigenvalue weighted by molar-refractivity contribution is 6.07. The Labute approximate surface area is 139 Å². The highest BCUT2D eigenvalue weighted by Crippen LogP contribution is 2.34. The van der Waals surface area contributed by atoms with E-state index >= 15 is 0 Å². The van der Waals surface area contributed by atoms with Crippen LogP contribution in [0.15, 0.2) is 42.5 Å². The van der Waals surface area contributed by atoms with Crippen molar-refractivity contribution in [3.05, 3.63) is 59.4 Å². The molecule has 0 aliphatic carbocycles. The average Bonchev–Trinajstić information content (AvgIpc) is 2.61. The minimum absolute atomic E-state index is 0.0605. The summed E-state index contributed by atoms with van der Waals surface area (Å²) in [7, 11) is 1.51. The number of halogens is 1. The largest absolute Gasteiger partial charge is 0.477 e. The van der Waals surface area contributed by atoms with Gasteiger partial charge < -0.3 is 15.0 Å². The fourth-order valence-electron chi connectivity index (χ4n) is 2.61. The molecule has 1 atom stereocenters. The number of carbonyl (C=O) groups excluding carboxylic acids is 2. The molecular formula is C18H17FN2O3. The summed E-state index contributed by atoms with van der Waals surface area (Å²) < 4.78 is 19.5. The van der Waals surface area contributed by atoms with Crippen LogP contribution in [0.25, 0.3) is 0 Å². The molecule has 0 fully saturated rings. The summed E-state index contributed by atoms with van der Waals surface area (Å²) >= 11 is 0. The number of hydrogen-bond acceptors (Lipinski definition) is 3. The van der Waals surface area contributed by atoms with E-state index < -0.39 is 11.9 Å². The second-order valence-corrected chi connectivity index (χ2v) is 5.57. The van der Waals surface area contributed by atoms with Gasteiger partial charge in [0.15, 0.2) is 6.10 Å². The van der Waals surface area contributed by atoms with E-state index in [2.05, 4.69) is 5.32 Å². The van der Waals surface area contributed by atoms with Gasteiger partial charge in [0.25, 0.3) is 11.8 Å². The van der Waals surface area contributed by atoms with E-state index in [1.807, 2.05) is 0 Å². The predicted molar refractivity (Wildman–Crippen MR) is 87.7 cm³/mol. The van der Waals surface area contributed by atoms with Crippen molar-refractivity contribution in [1.29, 1.82) is 0 Å². The van der Waals surface area contributed by atoms with E-state index in [0.29, 0.717) is 17.0 Å². The molecule has 2 amide bonds. The molecular weight excluding hydrogens is 311 g/mol. The fourth-order valence-corrected chi connectivity index (χ4v) is 2.61. The number of amides is 2. The summed E-state index contributed by atoms with van der Waals surface area (Å²) in [6, 6.07) is 11.3. The van der Waals surface area contributed by atoms with Gasteiger partial charge in [-0.1, -0.05) is 18.2 Å². The molecule has 6 heteroatoms. The van der Waals surface area contributed by atoms with Crippen molar-refractivity contribution in [2.24, 2.45) is 0 Å². The number of likely N-dealkylation sites (N-methyl/N-ethyl adjacent to an activating group) is 1. The second kappa shape index (κ2) is 6.31. The van der Waals surface area contributed by atoms with Gasteiger partial charge in [-0.2, -0.15) is 0 Å². The Morgan fingerprint density at radius 1 is 1.25 bits per heavy atom. The molecule has 1 N–H and O–H groups in total. The number of nitrogens with zero attached hydrogens (tertiary/aromatic N) is 1. The van der Waals surface area contributed by atoms with Crippen molar-refractivity contribution in [2.75, 3.05) is 18.5 Å². The zero-order valence-electron chi connectivity index (χ0n) is 13.4. The van der Waals surface area contributed by atoms with Crippen molar-refractivity contribution in [3.8, 4) is 5.75 Å². The number of carbonyl (C=O) groups is 2. The zero-order valence-corrected chi connectivity index (χ0v) is 13.4. The molecule has 3 rings (SSSR count). The molecule has 1 aliphatic rings. The molecule has 0 saturated heterocycles. The SMILES string of the molecule is CNC(=O)[C@H]1CN(C(=O)c2ccc(C)c(F)c2)c2ccccc2O1. The van der Waals surface area contributed by atoms with Gasteiger partial charge in [0, 0.05) is 12.6 Å². The van der Waals surface area contributed by atoms with Gasteiger partial charge in [0.05, 0.1) is 12.2 Å². The smallest absolute Gasteiger partial charge is 0.262 e. The maximum Gasteiger partial charge on any atom is 0.262 e. The molecule has 0 aromatic heterocycles. The van der Waals surface area contributed by atoms with Crippen molar-refractivity contribution >= 4 is 17.5 Å². The van der Waals surface area contributed by atoms with Gasteiger partial charge in [-0.25, -0.2) is 4.39 Å². The standard InChI is InChI=1S/C18H17FN2O3/c1-11-7-8-12(9-13(11)19)18(23)21-10-16(17(22)20-2)24-15-6-4-3-5-14(15)21/h3-9,16H,10H2,1-2H3,(H,20,22)/t16-/m1/s1. The summed E-state index contributed by atoms with van der Waals surface area (Å²) in [6.07, 6.45) is -0.816. The molecule has 0 bridgehead atoms. The van der Waals surface area contributed by atoms with Crippen LogP contribution in [-0.4, -0.2) is 31.5 Å². The molecule has 24 heavy (non-hydrogen) atoms. The first-order valence-electron chi connectivity index (χ1n) is 7.56. The third-order valence-electron chi connectivity index (χ3n) is 3.98. The highest BCUT2D eigenvalue weighted by Gasteiger charge is 2.33. The predicted octanol–water partition coefficient (Wildman–Crippen LogP) is 2.29. The van der Waals surface area contributed by atoms with Gasteiger partial charge >= 0.3 is 0 Å². The monoisotopic (exact) mass is 328 g/mol. The highest BCUT2D eigenvalue weighted by atomic mass is 19.1. The number of rotatable bonds is 2. The summed E-state index contributed by atoms with van der Waals surface area (Å²) in [5.74, 6) is -0.695. The number of nitrogens with one attached hydrogen (secondary N) is 1. The minimum atomic E-state index is -0.816. The molecule has 0 radical (unpaired) electrons. The van der Waals surface area contributed by atoms with E-state index in [4.69, 9.17) is 4.74 Å². The van der Waals surface area contributed by atoms with Gasteiger partial charge in [0.2, 0.25) is 0 Å². The molecule has 1 heterocycles. The third-order valence-corrected chi connectivity index (χ3v) is 3.98. The topological polar surface area (TPSA) is 58.6 Å². The average molecular weight is 328 g/mol. The lowest BCUT2D eigenvalue weighted by molar-refractivity contribution is -0.127. The number of ether oxygens (including phenoxy) is 1. The van der Waals surface area contributed by atoms with Crippen molar-refractivity contribution in [2.45, 2.75) is 13.0 Å². The number of benzene rings is 2. The van der Waals surface area contributed by atoms with Crippen molar-refractivity contribution < 1.29 is 18.7 Å². The Hall–Kier alpha value is -2.89. The van der Waals surface area contributed by atoms with E-state index in [0.717, 1.165) is 0 Å². The third kappa shape index (κ3) is 2.82. The second-order valence-electron chi connectivity index (χ2n) is 5.57. The number of para-hydroxylation sites is 2. The quantitative estimate of drug-likeness (QED) is 0.920. The van der Waals surface area contributed by atoms with Crippen LogP contribution in [-0.2, 0) is 4.79 Å². The maximum absolute atomic E-state index is 13.8. The first kappa shape index (κ1) is 16.0. The van der Waals surface area contributed by atoms with Crippen molar-refractivity contribution in [1.82, 2.24) is 5.32 Å². The van der Waals surface area contributed by atoms with Crippen LogP contribution >= 0.6 is 0 Å². The summed E-state index contributed by atoms with van der Waals surface area (Å²) in [5.41, 5.74) is 1.26. The van der Waals surface area contributed by atoms with Crippen LogP contribution in [0.5, 0.6) is 5.75 Å². The Balaban J connectivity index is 1.99. The lowest BCUT2D eigenvalue weighted by Crippen LogP contribution is -2.50. The van der Waals surface area contributed by atoms with Crippen LogP contribution in [0.3, 0.4) is 0 Å².